The molecule has 0 aromatic heterocycles. The van der Waals surface area contributed by atoms with E-state index in [0.29, 0.717) is 0 Å². The molecule has 2 atom stereocenters. The lowest BCUT2D eigenvalue weighted by Gasteiger charge is -2.20. The Labute approximate surface area is 155 Å². The highest BCUT2D eigenvalue weighted by Gasteiger charge is 2.10. The lowest BCUT2D eigenvalue weighted by molar-refractivity contribution is 0.524. The van der Waals surface area contributed by atoms with Crippen molar-refractivity contribution in [1.29, 1.82) is 0 Å². The van der Waals surface area contributed by atoms with Gasteiger partial charge < -0.3 is 5.32 Å². The zero-order chi connectivity index (χ0) is 17.1. The first-order valence-corrected chi connectivity index (χ1v) is 12.7. The number of hydrogen-bond acceptors (Lipinski definition) is 1. The summed E-state index contributed by atoms with van der Waals surface area (Å²) in [4.78, 5) is 0. The molecule has 0 spiro atoms. The van der Waals surface area contributed by atoms with Crippen LogP contribution in [0.25, 0.3) is 0 Å². The summed E-state index contributed by atoms with van der Waals surface area (Å²) in [7, 11) is 1.25. The second-order valence-corrected chi connectivity index (χ2v) is 9.65. The van der Waals surface area contributed by atoms with Gasteiger partial charge in [-0.05, 0) is 44.2 Å². The van der Waals surface area contributed by atoms with Crippen molar-refractivity contribution in [2.24, 2.45) is 0 Å². The fourth-order valence-corrected chi connectivity index (χ4v) is 5.40. The number of rotatable bonds is 15. The molecule has 0 amide bonds. The zero-order valence-electron chi connectivity index (χ0n) is 16.7. The van der Waals surface area contributed by atoms with Gasteiger partial charge in [-0.25, -0.2) is 0 Å². The van der Waals surface area contributed by atoms with E-state index in [0.717, 1.165) is 5.66 Å². The molecule has 24 heavy (non-hydrogen) atoms. The molecular weight excluding hydrogens is 309 g/mol. The van der Waals surface area contributed by atoms with Gasteiger partial charge in [0, 0.05) is 0 Å². The minimum absolute atomic E-state index is 1.05. The first kappa shape index (κ1) is 22.4. The SMILES string of the molecule is CCCCCCCCCCCCCCCCC1CCNCCCP1. The van der Waals surface area contributed by atoms with E-state index in [4.69, 9.17) is 0 Å². The van der Waals surface area contributed by atoms with Crippen LogP contribution in [-0.4, -0.2) is 24.9 Å². The van der Waals surface area contributed by atoms with E-state index in [1.807, 2.05) is 0 Å². The topological polar surface area (TPSA) is 12.0 Å². The zero-order valence-corrected chi connectivity index (χ0v) is 17.7. The maximum Gasteiger partial charge on any atom is -0.00430 e. The maximum atomic E-state index is 3.57. The van der Waals surface area contributed by atoms with Gasteiger partial charge in [-0.2, -0.15) is 0 Å². The molecule has 2 heteroatoms. The molecule has 0 bridgehead atoms. The van der Waals surface area contributed by atoms with Gasteiger partial charge in [0.2, 0.25) is 0 Å². The Balaban J connectivity index is 1.74. The molecule has 0 aromatic carbocycles. The van der Waals surface area contributed by atoms with Crippen LogP contribution in [0.4, 0.5) is 0 Å². The fourth-order valence-electron chi connectivity index (χ4n) is 3.85. The molecule has 1 fully saturated rings. The summed E-state index contributed by atoms with van der Waals surface area (Å²) in [5, 5.41) is 3.57. The van der Waals surface area contributed by atoms with Crippen LogP contribution in [-0.2, 0) is 0 Å². The van der Waals surface area contributed by atoms with Crippen molar-refractivity contribution < 1.29 is 0 Å². The summed E-state index contributed by atoms with van der Waals surface area (Å²) in [5.41, 5.74) is 1.05. The number of nitrogens with one attached hydrogen (secondary N) is 1. The van der Waals surface area contributed by atoms with Crippen LogP contribution in [0.1, 0.15) is 116 Å². The summed E-state index contributed by atoms with van der Waals surface area (Å²) in [5.74, 6) is 0. The van der Waals surface area contributed by atoms with Crippen LogP contribution in [0.15, 0.2) is 0 Å². The van der Waals surface area contributed by atoms with Crippen LogP contribution in [0, 0.1) is 0 Å². The highest BCUT2D eigenvalue weighted by atomic mass is 31.1. The minimum atomic E-state index is 1.05. The molecule has 1 aliphatic heterocycles. The van der Waals surface area contributed by atoms with Gasteiger partial charge in [0.05, 0.1) is 0 Å². The van der Waals surface area contributed by atoms with Crippen LogP contribution in [0.5, 0.6) is 0 Å². The maximum absolute atomic E-state index is 3.57. The summed E-state index contributed by atoms with van der Waals surface area (Å²) in [6.07, 6.45) is 26.5. The highest BCUT2D eigenvalue weighted by Crippen LogP contribution is 2.28. The molecule has 1 N–H and O–H groups in total. The predicted molar refractivity (Wildman–Crippen MR) is 114 cm³/mol. The van der Waals surface area contributed by atoms with Crippen molar-refractivity contribution >= 4 is 8.58 Å². The van der Waals surface area contributed by atoms with Gasteiger partial charge in [0.15, 0.2) is 0 Å². The normalized spacial score (nSPS) is 20.1. The molecule has 0 aromatic rings. The molecular formula is C22H46NP. The summed E-state index contributed by atoms with van der Waals surface area (Å²) in [6.45, 7) is 4.84. The van der Waals surface area contributed by atoms with Crippen LogP contribution >= 0.6 is 8.58 Å². The van der Waals surface area contributed by atoms with E-state index in [1.165, 1.54) is 137 Å². The monoisotopic (exact) mass is 355 g/mol. The second-order valence-electron chi connectivity index (χ2n) is 7.93. The first-order chi connectivity index (χ1) is 11.9. The molecule has 1 rings (SSSR count). The van der Waals surface area contributed by atoms with Crippen molar-refractivity contribution in [1.82, 2.24) is 5.32 Å². The van der Waals surface area contributed by atoms with Crippen molar-refractivity contribution in [3.8, 4) is 0 Å². The largest absolute Gasteiger partial charge is 0.317 e. The summed E-state index contributed by atoms with van der Waals surface area (Å²) in [6, 6.07) is 0. The van der Waals surface area contributed by atoms with Crippen LogP contribution in [0.3, 0.4) is 0 Å². The Hall–Kier alpha value is 0.390. The molecule has 0 aliphatic carbocycles. The molecule has 1 nitrogen and oxygen atoms in total. The lowest BCUT2D eigenvalue weighted by Crippen LogP contribution is -2.23. The smallest absolute Gasteiger partial charge is 0.00430 e. The van der Waals surface area contributed by atoms with E-state index < -0.39 is 0 Å². The van der Waals surface area contributed by atoms with Gasteiger partial charge in [-0.3, -0.25) is 0 Å². The lowest BCUT2D eigenvalue weighted by atomic mass is 10.0. The summed E-state index contributed by atoms with van der Waals surface area (Å²) >= 11 is 0. The van der Waals surface area contributed by atoms with E-state index in [1.54, 1.807) is 0 Å². The van der Waals surface area contributed by atoms with Crippen molar-refractivity contribution in [2.75, 3.05) is 19.3 Å². The van der Waals surface area contributed by atoms with Gasteiger partial charge in [0.25, 0.3) is 0 Å². The van der Waals surface area contributed by atoms with Crippen LogP contribution < -0.4 is 5.32 Å². The summed E-state index contributed by atoms with van der Waals surface area (Å²) < 4.78 is 0. The molecule has 2 unspecified atom stereocenters. The number of unbranched alkanes of at least 4 members (excludes halogenated alkanes) is 13. The Kier molecular flexibility index (Phi) is 17.0. The molecule has 0 saturated carbocycles. The van der Waals surface area contributed by atoms with Crippen molar-refractivity contribution in [3.63, 3.8) is 0 Å². The first-order valence-electron chi connectivity index (χ1n) is 11.4. The Morgan fingerprint density at radius 1 is 0.708 bits per heavy atom. The Morgan fingerprint density at radius 2 is 1.25 bits per heavy atom. The predicted octanol–water partition coefficient (Wildman–Crippen LogP) is 7.29. The molecule has 1 saturated heterocycles. The van der Waals surface area contributed by atoms with Crippen molar-refractivity contribution in [2.45, 2.75) is 122 Å². The average Bonchev–Trinajstić information content (AvgIpc) is 2.56. The average molecular weight is 356 g/mol. The highest BCUT2D eigenvalue weighted by molar-refractivity contribution is 7.38. The van der Waals surface area contributed by atoms with Crippen LogP contribution in [0.2, 0.25) is 0 Å². The Morgan fingerprint density at radius 3 is 1.83 bits per heavy atom. The van der Waals surface area contributed by atoms with E-state index >= 15 is 0 Å². The third-order valence-electron chi connectivity index (χ3n) is 5.54. The molecule has 1 heterocycles. The van der Waals surface area contributed by atoms with Gasteiger partial charge in [0.1, 0.15) is 0 Å². The van der Waals surface area contributed by atoms with E-state index in [9.17, 15) is 0 Å². The van der Waals surface area contributed by atoms with E-state index in [-0.39, 0.29) is 0 Å². The van der Waals surface area contributed by atoms with Crippen molar-refractivity contribution in [3.05, 3.63) is 0 Å². The van der Waals surface area contributed by atoms with Gasteiger partial charge in [-0.1, -0.05) is 96.8 Å². The standard InChI is InChI=1S/C22H46NP/c1-2-3-4-5-6-7-8-9-10-11-12-13-14-15-17-22-18-20-23-19-16-21-24-22/h22-24H,2-21H2,1H3. The quantitative estimate of drug-likeness (QED) is 0.240. The molecule has 144 valence electrons. The molecule has 0 radical (unpaired) electrons. The van der Waals surface area contributed by atoms with Gasteiger partial charge >= 0.3 is 0 Å². The van der Waals surface area contributed by atoms with Gasteiger partial charge in [-0.15, -0.1) is 8.58 Å². The third-order valence-corrected chi connectivity index (χ3v) is 7.34. The number of hydrogen-bond donors (Lipinski definition) is 1. The molecule has 1 aliphatic rings. The third kappa shape index (κ3) is 14.7. The second kappa shape index (κ2) is 18.2. The minimum Gasteiger partial charge on any atom is -0.317 e. The Bertz CT molecular complexity index is 236. The fraction of sp³-hybridized carbons (Fsp3) is 1.00. The van der Waals surface area contributed by atoms with E-state index in [2.05, 4.69) is 12.2 Å².